The van der Waals surface area contributed by atoms with Crippen molar-refractivity contribution in [3.63, 3.8) is 0 Å². The molecule has 0 aromatic heterocycles. The molecule has 0 bridgehead atoms. The molecule has 0 fully saturated rings. The van der Waals surface area contributed by atoms with Crippen LogP contribution < -0.4 is 10.1 Å². The van der Waals surface area contributed by atoms with Crippen LogP contribution in [0.5, 0.6) is 5.75 Å². The number of rotatable bonds is 3. The number of fused-ring (bicyclic) bond motifs is 1. The van der Waals surface area contributed by atoms with E-state index < -0.39 is 4.83 Å². The van der Waals surface area contributed by atoms with Crippen molar-refractivity contribution in [1.29, 1.82) is 0 Å². The molecular formula is C17H13BrFNO3. The third-order valence-electron chi connectivity index (χ3n) is 3.57. The van der Waals surface area contributed by atoms with Crippen LogP contribution in [0.1, 0.15) is 26.3 Å². The Hall–Kier alpha value is -2.21. The Morgan fingerprint density at radius 2 is 2.00 bits per heavy atom. The molecule has 118 valence electrons. The summed E-state index contributed by atoms with van der Waals surface area (Å²) in [7, 11) is 0. The number of hydrogen-bond acceptors (Lipinski definition) is 3. The van der Waals surface area contributed by atoms with Gasteiger partial charge in [0.05, 0.1) is 5.69 Å². The highest BCUT2D eigenvalue weighted by molar-refractivity contribution is 9.09. The van der Waals surface area contributed by atoms with E-state index in [9.17, 15) is 14.0 Å². The number of Topliss-reactive ketones (excluding diaryl/α,β-unsaturated/α-hetero) is 1. The summed E-state index contributed by atoms with van der Waals surface area (Å²) in [6.07, 6.45) is 0. The van der Waals surface area contributed by atoms with E-state index in [0.29, 0.717) is 22.6 Å². The predicted octanol–water partition coefficient (Wildman–Crippen LogP) is 3.78. The highest BCUT2D eigenvalue weighted by Gasteiger charge is 2.24. The van der Waals surface area contributed by atoms with Gasteiger partial charge in [-0.05, 0) is 42.3 Å². The molecule has 1 aliphatic rings. The number of ether oxygens (including phenoxy) is 1. The van der Waals surface area contributed by atoms with Crippen molar-refractivity contribution < 1.29 is 18.7 Å². The van der Waals surface area contributed by atoms with Crippen LogP contribution >= 0.6 is 15.9 Å². The Morgan fingerprint density at radius 1 is 1.30 bits per heavy atom. The van der Waals surface area contributed by atoms with E-state index in [4.69, 9.17) is 4.74 Å². The minimum Gasteiger partial charge on any atom is -0.481 e. The summed E-state index contributed by atoms with van der Waals surface area (Å²) in [4.78, 5) is 23.5. The first kappa shape index (κ1) is 15.7. The quantitative estimate of drug-likeness (QED) is 0.653. The van der Waals surface area contributed by atoms with Crippen LogP contribution in [-0.2, 0) is 4.79 Å². The number of hydrogen-bond donors (Lipinski definition) is 1. The molecule has 0 spiro atoms. The van der Waals surface area contributed by atoms with Gasteiger partial charge in [-0.25, -0.2) is 4.39 Å². The Balaban J connectivity index is 1.93. The highest BCUT2D eigenvalue weighted by atomic mass is 79.9. The van der Waals surface area contributed by atoms with Crippen molar-refractivity contribution in [3.05, 3.63) is 58.9 Å². The molecule has 1 heterocycles. The molecule has 23 heavy (non-hydrogen) atoms. The number of alkyl halides is 1. The minimum absolute atomic E-state index is 0.0300. The van der Waals surface area contributed by atoms with Gasteiger partial charge in [0.15, 0.2) is 12.4 Å². The zero-order chi connectivity index (χ0) is 16.6. The molecule has 1 unspecified atom stereocenters. The van der Waals surface area contributed by atoms with Gasteiger partial charge in [0.25, 0.3) is 5.91 Å². The first-order chi connectivity index (χ1) is 11.0. The van der Waals surface area contributed by atoms with Crippen molar-refractivity contribution in [2.24, 2.45) is 0 Å². The summed E-state index contributed by atoms with van der Waals surface area (Å²) < 4.78 is 18.4. The number of nitrogens with one attached hydrogen (secondary N) is 1. The Labute approximate surface area is 140 Å². The maximum atomic E-state index is 13.0. The number of ketones is 1. The zero-order valence-corrected chi connectivity index (χ0v) is 13.8. The largest absolute Gasteiger partial charge is 0.481 e. The standard InChI is InChI=1S/C17H13BrFNO3/c1-9-6-11(7-13-17(9)23-8-14(21)20-13)16(22)15(18)10-2-4-12(19)5-3-10/h2-7,15H,8H2,1H3,(H,20,21). The van der Waals surface area contributed by atoms with Gasteiger partial charge in [-0.2, -0.15) is 0 Å². The Bertz CT molecular complexity index is 789. The number of halogens is 2. The molecule has 1 amide bonds. The van der Waals surface area contributed by atoms with Crippen molar-refractivity contribution >= 4 is 33.3 Å². The van der Waals surface area contributed by atoms with Gasteiger partial charge < -0.3 is 10.1 Å². The average Bonchev–Trinajstić information content (AvgIpc) is 2.53. The molecule has 0 saturated carbocycles. The lowest BCUT2D eigenvalue weighted by molar-refractivity contribution is -0.118. The van der Waals surface area contributed by atoms with E-state index in [2.05, 4.69) is 21.2 Å². The van der Waals surface area contributed by atoms with Crippen LogP contribution in [-0.4, -0.2) is 18.3 Å². The lowest BCUT2D eigenvalue weighted by Gasteiger charge is -2.21. The monoisotopic (exact) mass is 377 g/mol. The second-order valence-electron chi connectivity index (χ2n) is 5.29. The number of carbonyl (C=O) groups excluding carboxylic acids is 2. The Kier molecular flexibility index (Phi) is 4.17. The fourth-order valence-corrected chi connectivity index (χ4v) is 3.02. The highest BCUT2D eigenvalue weighted by Crippen LogP contribution is 2.35. The van der Waals surface area contributed by atoms with Gasteiger partial charge in [-0.3, -0.25) is 9.59 Å². The third-order valence-corrected chi connectivity index (χ3v) is 4.52. The topological polar surface area (TPSA) is 55.4 Å². The summed E-state index contributed by atoms with van der Waals surface area (Å²) in [5.41, 5.74) is 2.36. The summed E-state index contributed by atoms with van der Waals surface area (Å²) in [5, 5.41) is 2.70. The second-order valence-corrected chi connectivity index (χ2v) is 6.20. The van der Waals surface area contributed by atoms with Crippen LogP contribution in [0.25, 0.3) is 0 Å². The zero-order valence-electron chi connectivity index (χ0n) is 12.2. The summed E-state index contributed by atoms with van der Waals surface area (Å²) in [6, 6.07) is 9.05. The fraction of sp³-hybridized carbons (Fsp3) is 0.176. The molecule has 0 radical (unpaired) electrons. The number of anilines is 1. The maximum Gasteiger partial charge on any atom is 0.262 e. The maximum absolute atomic E-state index is 13.0. The SMILES string of the molecule is Cc1cc(C(=O)C(Br)c2ccc(F)cc2)cc2c1OCC(=O)N2. The van der Waals surface area contributed by atoms with Crippen LogP contribution in [0, 0.1) is 12.7 Å². The molecule has 1 N–H and O–H groups in total. The lowest BCUT2D eigenvalue weighted by Crippen LogP contribution is -2.26. The van der Waals surface area contributed by atoms with E-state index in [-0.39, 0.29) is 24.1 Å². The van der Waals surface area contributed by atoms with E-state index in [0.717, 1.165) is 5.56 Å². The third kappa shape index (κ3) is 3.12. The molecule has 4 nitrogen and oxygen atoms in total. The van der Waals surface area contributed by atoms with E-state index in [1.165, 1.54) is 12.1 Å². The van der Waals surface area contributed by atoms with Gasteiger partial charge in [-0.15, -0.1) is 0 Å². The van der Waals surface area contributed by atoms with Gasteiger partial charge in [0.2, 0.25) is 0 Å². The number of carbonyl (C=O) groups is 2. The van der Waals surface area contributed by atoms with Crippen LogP contribution in [0.3, 0.4) is 0 Å². The number of benzene rings is 2. The summed E-state index contributed by atoms with van der Waals surface area (Å²) in [5.74, 6) is -0.211. The van der Waals surface area contributed by atoms with Gasteiger partial charge >= 0.3 is 0 Å². The van der Waals surface area contributed by atoms with Crippen molar-refractivity contribution in [1.82, 2.24) is 0 Å². The van der Waals surface area contributed by atoms with Crippen molar-refractivity contribution in [3.8, 4) is 5.75 Å². The lowest BCUT2D eigenvalue weighted by atomic mass is 9.99. The molecule has 2 aromatic rings. The molecule has 0 aliphatic carbocycles. The number of amides is 1. The molecule has 0 saturated heterocycles. The number of aryl methyl sites for hydroxylation is 1. The fourth-order valence-electron chi connectivity index (χ4n) is 2.45. The van der Waals surface area contributed by atoms with Crippen molar-refractivity contribution in [2.75, 3.05) is 11.9 Å². The molecule has 6 heteroatoms. The molecule has 1 aliphatic heterocycles. The van der Waals surface area contributed by atoms with Crippen LogP contribution in [0.4, 0.5) is 10.1 Å². The first-order valence-corrected chi connectivity index (χ1v) is 7.88. The average molecular weight is 378 g/mol. The van der Waals surface area contributed by atoms with E-state index in [1.807, 2.05) is 6.92 Å². The Morgan fingerprint density at radius 3 is 2.70 bits per heavy atom. The van der Waals surface area contributed by atoms with E-state index >= 15 is 0 Å². The van der Waals surface area contributed by atoms with Gasteiger partial charge in [-0.1, -0.05) is 28.1 Å². The van der Waals surface area contributed by atoms with Gasteiger partial charge in [0, 0.05) is 5.56 Å². The first-order valence-electron chi connectivity index (χ1n) is 6.97. The molecular weight excluding hydrogens is 365 g/mol. The molecule has 1 atom stereocenters. The van der Waals surface area contributed by atoms with Crippen molar-refractivity contribution in [2.45, 2.75) is 11.8 Å². The predicted molar refractivity (Wildman–Crippen MR) is 87.7 cm³/mol. The molecule has 3 rings (SSSR count). The summed E-state index contributed by atoms with van der Waals surface area (Å²) in [6.45, 7) is 1.78. The normalized spacial score (nSPS) is 14.5. The summed E-state index contributed by atoms with van der Waals surface area (Å²) >= 11 is 3.35. The second kappa shape index (κ2) is 6.12. The van der Waals surface area contributed by atoms with Crippen LogP contribution in [0.2, 0.25) is 0 Å². The van der Waals surface area contributed by atoms with Crippen LogP contribution in [0.15, 0.2) is 36.4 Å². The minimum atomic E-state index is -0.597. The van der Waals surface area contributed by atoms with Gasteiger partial charge in [0.1, 0.15) is 16.4 Å². The van der Waals surface area contributed by atoms with E-state index in [1.54, 1.807) is 24.3 Å². The molecule has 2 aromatic carbocycles. The smallest absolute Gasteiger partial charge is 0.262 e.